The summed E-state index contributed by atoms with van der Waals surface area (Å²) in [5.74, 6) is 1.67. The molecule has 0 saturated carbocycles. The number of likely N-dealkylation sites (N-methyl/N-ethyl adjacent to an activating group) is 2. The maximum absolute atomic E-state index is 12.8. The van der Waals surface area contributed by atoms with Crippen LogP contribution in [0.3, 0.4) is 0 Å². The molecule has 0 aliphatic carbocycles. The van der Waals surface area contributed by atoms with Crippen molar-refractivity contribution >= 4 is 5.91 Å². The van der Waals surface area contributed by atoms with Crippen LogP contribution in [0, 0.1) is 0 Å². The minimum absolute atomic E-state index is 0.105. The molecular formula is C21H26N2O3. The molecule has 0 radical (unpaired) electrons. The van der Waals surface area contributed by atoms with Crippen molar-refractivity contribution in [1.29, 1.82) is 0 Å². The fourth-order valence-electron chi connectivity index (χ4n) is 3.05. The van der Waals surface area contributed by atoms with Crippen molar-refractivity contribution in [1.82, 2.24) is 9.80 Å². The highest BCUT2D eigenvalue weighted by Gasteiger charge is 2.22. The van der Waals surface area contributed by atoms with E-state index >= 15 is 0 Å². The van der Waals surface area contributed by atoms with E-state index in [0.29, 0.717) is 26.3 Å². The number of ether oxygens (including phenoxy) is 2. The molecule has 138 valence electrons. The van der Waals surface area contributed by atoms with Crippen molar-refractivity contribution in [3.63, 3.8) is 0 Å². The second kappa shape index (κ2) is 8.23. The zero-order valence-corrected chi connectivity index (χ0v) is 15.6. The van der Waals surface area contributed by atoms with Crippen molar-refractivity contribution in [3.05, 3.63) is 59.7 Å². The van der Waals surface area contributed by atoms with Crippen molar-refractivity contribution in [2.24, 2.45) is 0 Å². The lowest BCUT2D eigenvalue weighted by Gasteiger charge is -2.28. The van der Waals surface area contributed by atoms with Crippen LogP contribution in [-0.2, 0) is 17.9 Å². The Balaban J connectivity index is 1.59. The van der Waals surface area contributed by atoms with Crippen molar-refractivity contribution < 1.29 is 14.3 Å². The van der Waals surface area contributed by atoms with Gasteiger partial charge in [0.05, 0.1) is 6.04 Å². The van der Waals surface area contributed by atoms with Crippen LogP contribution in [0.4, 0.5) is 0 Å². The maximum atomic E-state index is 12.8. The third kappa shape index (κ3) is 4.35. The summed E-state index contributed by atoms with van der Waals surface area (Å²) in [5.41, 5.74) is 2.23. The van der Waals surface area contributed by atoms with Gasteiger partial charge in [0, 0.05) is 20.1 Å². The minimum atomic E-state index is -0.211. The van der Waals surface area contributed by atoms with Gasteiger partial charge in [0.1, 0.15) is 13.2 Å². The van der Waals surface area contributed by atoms with Gasteiger partial charge < -0.3 is 14.4 Å². The van der Waals surface area contributed by atoms with E-state index in [0.717, 1.165) is 22.6 Å². The smallest absolute Gasteiger partial charge is 0.239 e. The van der Waals surface area contributed by atoms with Gasteiger partial charge in [-0.15, -0.1) is 0 Å². The number of hydrogen-bond acceptors (Lipinski definition) is 4. The zero-order chi connectivity index (χ0) is 18.5. The Bertz CT molecular complexity index is 748. The van der Waals surface area contributed by atoms with E-state index in [2.05, 4.69) is 4.90 Å². The average molecular weight is 354 g/mol. The van der Waals surface area contributed by atoms with Gasteiger partial charge in [-0.2, -0.15) is 0 Å². The quantitative estimate of drug-likeness (QED) is 0.800. The van der Waals surface area contributed by atoms with Crippen LogP contribution < -0.4 is 9.47 Å². The van der Waals surface area contributed by atoms with Crippen LogP contribution >= 0.6 is 0 Å². The monoisotopic (exact) mass is 354 g/mol. The highest BCUT2D eigenvalue weighted by Crippen LogP contribution is 2.31. The van der Waals surface area contributed by atoms with E-state index < -0.39 is 0 Å². The van der Waals surface area contributed by atoms with E-state index in [1.165, 1.54) is 0 Å². The Hall–Kier alpha value is -2.53. The molecule has 26 heavy (non-hydrogen) atoms. The summed E-state index contributed by atoms with van der Waals surface area (Å²) in [7, 11) is 3.82. The van der Waals surface area contributed by atoms with Crippen LogP contribution in [-0.4, -0.2) is 49.1 Å². The molecule has 3 rings (SSSR count). The molecule has 0 saturated heterocycles. The molecule has 1 amide bonds. The van der Waals surface area contributed by atoms with E-state index in [9.17, 15) is 4.79 Å². The van der Waals surface area contributed by atoms with E-state index in [-0.39, 0.29) is 11.9 Å². The molecule has 1 unspecified atom stereocenters. The summed E-state index contributed by atoms with van der Waals surface area (Å²) >= 11 is 0. The molecule has 2 aromatic rings. The van der Waals surface area contributed by atoms with Crippen LogP contribution in [0.5, 0.6) is 11.5 Å². The number of hydrogen-bond donors (Lipinski definition) is 0. The molecule has 0 bridgehead atoms. The van der Waals surface area contributed by atoms with Crippen molar-refractivity contribution in [2.75, 3.05) is 27.3 Å². The topological polar surface area (TPSA) is 42.0 Å². The number of nitrogens with zero attached hydrogens (tertiary/aromatic N) is 2. The Kier molecular flexibility index (Phi) is 5.78. The summed E-state index contributed by atoms with van der Waals surface area (Å²) in [6, 6.07) is 15.8. The summed E-state index contributed by atoms with van der Waals surface area (Å²) in [6.45, 7) is 4.39. The molecule has 0 N–H and O–H groups in total. The molecule has 5 nitrogen and oxygen atoms in total. The van der Waals surface area contributed by atoms with Gasteiger partial charge in [0.15, 0.2) is 11.5 Å². The molecular weight excluding hydrogens is 328 g/mol. The van der Waals surface area contributed by atoms with Crippen molar-refractivity contribution in [3.8, 4) is 11.5 Å². The number of rotatable bonds is 6. The lowest BCUT2D eigenvalue weighted by molar-refractivity contribution is -0.135. The second-order valence-corrected chi connectivity index (χ2v) is 6.75. The molecule has 0 aromatic heterocycles. The van der Waals surface area contributed by atoms with Crippen LogP contribution in [0.1, 0.15) is 18.1 Å². The molecule has 1 aliphatic heterocycles. The molecule has 5 heteroatoms. The normalized spacial score (nSPS) is 14.2. The molecule has 1 atom stereocenters. The first-order valence-electron chi connectivity index (χ1n) is 8.92. The Morgan fingerprint density at radius 1 is 0.962 bits per heavy atom. The fraction of sp³-hybridized carbons (Fsp3) is 0.381. The van der Waals surface area contributed by atoms with E-state index in [1.54, 1.807) is 4.90 Å². The van der Waals surface area contributed by atoms with Gasteiger partial charge in [0.25, 0.3) is 0 Å². The first-order valence-corrected chi connectivity index (χ1v) is 8.92. The number of benzene rings is 2. The molecule has 0 spiro atoms. The Morgan fingerprint density at radius 3 is 2.38 bits per heavy atom. The Labute approximate surface area is 155 Å². The fourth-order valence-corrected chi connectivity index (χ4v) is 3.05. The summed E-state index contributed by atoms with van der Waals surface area (Å²) in [5, 5.41) is 0. The summed E-state index contributed by atoms with van der Waals surface area (Å²) in [6.07, 6.45) is 0. The maximum Gasteiger partial charge on any atom is 0.239 e. The van der Waals surface area contributed by atoms with Crippen molar-refractivity contribution in [2.45, 2.75) is 26.1 Å². The van der Waals surface area contributed by atoms with Crippen LogP contribution in [0.2, 0.25) is 0 Å². The van der Waals surface area contributed by atoms with Crippen LogP contribution in [0.25, 0.3) is 0 Å². The average Bonchev–Trinajstić information content (AvgIpc) is 2.67. The minimum Gasteiger partial charge on any atom is -0.486 e. The molecule has 0 fully saturated rings. The highest BCUT2D eigenvalue weighted by atomic mass is 16.6. The van der Waals surface area contributed by atoms with Gasteiger partial charge in [-0.3, -0.25) is 9.69 Å². The number of fused-ring (bicyclic) bond motifs is 1. The number of amides is 1. The predicted molar refractivity (Wildman–Crippen MR) is 101 cm³/mol. The lowest BCUT2D eigenvalue weighted by atomic mass is 10.1. The van der Waals surface area contributed by atoms with Gasteiger partial charge in [-0.05, 0) is 37.2 Å². The van der Waals surface area contributed by atoms with Gasteiger partial charge in [-0.25, -0.2) is 0 Å². The first-order chi connectivity index (χ1) is 12.5. The van der Waals surface area contributed by atoms with E-state index in [4.69, 9.17) is 9.47 Å². The number of carbonyl (C=O) groups excluding carboxylic acids is 1. The van der Waals surface area contributed by atoms with Crippen LogP contribution in [0.15, 0.2) is 48.5 Å². The standard InChI is InChI=1S/C21H26N2O3/c1-16(21(24)23(3)14-17-7-5-4-6-8-17)22(2)15-18-9-10-19-20(13-18)26-12-11-25-19/h4-10,13,16H,11-12,14-15H2,1-3H3. The zero-order valence-electron chi connectivity index (χ0n) is 15.6. The van der Waals surface area contributed by atoms with Gasteiger partial charge >= 0.3 is 0 Å². The molecule has 1 heterocycles. The van der Waals surface area contributed by atoms with Gasteiger partial charge in [0.2, 0.25) is 5.91 Å². The first kappa shape index (κ1) is 18.3. The molecule has 2 aromatic carbocycles. The largest absolute Gasteiger partial charge is 0.486 e. The predicted octanol–water partition coefficient (Wildman–Crippen LogP) is 2.94. The second-order valence-electron chi connectivity index (χ2n) is 6.75. The molecule has 1 aliphatic rings. The lowest BCUT2D eigenvalue weighted by Crippen LogP contribution is -2.43. The SMILES string of the molecule is CC(C(=O)N(C)Cc1ccccc1)N(C)Cc1ccc2c(c1)OCCO2. The summed E-state index contributed by atoms with van der Waals surface area (Å²) < 4.78 is 11.2. The number of carbonyl (C=O) groups is 1. The highest BCUT2D eigenvalue weighted by molar-refractivity contribution is 5.81. The van der Waals surface area contributed by atoms with Gasteiger partial charge in [-0.1, -0.05) is 36.4 Å². The Morgan fingerprint density at radius 2 is 1.65 bits per heavy atom. The van der Waals surface area contributed by atoms with E-state index in [1.807, 2.05) is 69.6 Å². The third-order valence-electron chi connectivity index (χ3n) is 4.70. The third-order valence-corrected chi connectivity index (χ3v) is 4.70. The summed E-state index contributed by atoms with van der Waals surface area (Å²) in [4.78, 5) is 16.6.